The number of hydrogen-bond acceptors (Lipinski definition) is 7. The summed E-state index contributed by atoms with van der Waals surface area (Å²) in [5.74, 6) is 0.712. The molecule has 2 rings (SSSR count). The molecule has 1 aliphatic rings. The molecule has 0 radical (unpaired) electrons. The van der Waals surface area contributed by atoms with Crippen LogP contribution in [-0.4, -0.2) is 65.4 Å². The number of ether oxygens (including phenoxy) is 6. The number of rotatable bonds is 11. The highest BCUT2D eigenvalue weighted by Gasteiger charge is 2.13. The Kier molecular flexibility index (Phi) is 15.1. The molecule has 186 valence electrons. The van der Waals surface area contributed by atoms with Gasteiger partial charge in [-0.05, 0) is 37.5 Å². The molecule has 33 heavy (non-hydrogen) atoms. The molecule has 1 heterocycles. The second kappa shape index (κ2) is 18.3. The van der Waals surface area contributed by atoms with Crippen molar-refractivity contribution in [1.29, 1.82) is 0 Å². The normalized spacial score (nSPS) is 15.8. The maximum Gasteiger partial charge on any atom is 0.338 e. The number of benzene rings is 1. The van der Waals surface area contributed by atoms with E-state index in [-0.39, 0.29) is 5.97 Å². The Labute approximate surface area is 198 Å². The summed E-state index contributed by atoms with van der Waals surface area (Å²) in [6.45, 7) is 7.81. The highest BCUT2D eigenvalue weighted by atomic mass is 16.6. The third-order valence-corrected chi connectivity index (χ3v) is 5.18. The minimum Gasteiger partial charge on any atom is -0.487 e. The Bertz CT molecular complexity index is 662. The zero-order valence-corrected chi connectivity index (χ0v) is 19.9. The largest absolute Gasteiger partial charge is 0.487 e. The third-order valence-electron chi connectivity index (χ3n) is 5.18. The van der Waals surface area contributed by atoms with Crippen LogP contribution in [0.25, 0.3) is 0 Å². The van der Waals surface area contributed by atoms with Gasteiger partial charge in [-0.3, -0.25) is 0 Å². The van der Waals surface area contributed by atoms with E-state index in [0.717, 1.165) is 19.3 Å². The summed E-state index contributed by atoms with van der Waals surface area (Å²) in [7, 11) is 0. The third kappa shape index (κ3) is 12.7. The van der Waals surface area contributed by atoms with Gasteiger partial charge in [0.15, 0.2) is 11.5 Å². The fourth-order valence-electron chi connectivity index (χ4n) is 3.35. The summed E-state index contributed by atoms with van der Waals surface area (Å²) in [6.07, 6.45) is 11.2. The van der Waals surface area contributed by atoms with E-state index in [1.165, 1.54) is 32.1 Å². The monoisotopic (exact) mass is 464 g/mol. The lowest BCUT2D eigenvalue weighted by Gasteiger charge is -2.14. The Morgan fingerprint density at radius 2 is 1.30 bits per heavy atom. The predicted octanol–water partition coefficient (Wildman–Crippen LogP) is 4.97. The smallest absolute Gasteiger partial charge is 0.338 e. The molecule has 0 fully saturated rings. The van der Waals surface area contributed by atoms with Gasteiger partial charge < -0.3 is 28.4 Å². The lowest BCUT2D eigenvalue weighted by molar-refractivity contribution is 0.00708. The minimum absolute atomic E-state index is 0.346. The molecular formula is C26H40O7. The average Bonchev–Trinajstić information content (AvgIpc) is 2.84. The fraction of sp³-hybridized carbons (Fsp3) is 0.654. The number of fused-ring (bicyclic) bond motifs is 1. The molecule has 1 aromatic carbocycles. The number of carbonyl (C=O) groups is 1. The summed E-state index contributed by atoms with van der Waals surface area (Å²) in [5.41, 5.74) is 0.447. The van der Waals surface area contributed by atoms with Crippen molar-refractivity contribution in [1.82, 2.24) is 0 Å². The molecule has 0 atom stereocenters. The molecular weight excluding hydrogens is 424 g/mol. The molecule has 0 saturated carbocycles. The van der Waals surface area contributed by atoms with Gasteiger partial charge in [0.05, 0.1) is 51.8 Å². The van der Waals surface area contributed by atoms with E-state index >= 15 is 0 Å². The molecule has 7 heteroatoms. The van der Waals surface area contributed by atoms with Gasteiger partial charge in [-0.15, -0.1) is 6.58 Å². The maximum atomic E-state index is 12.5. The first kappa shape index (κ1) is 27.2. The average molecular weight is 465 g/mol. The van der Waals surface area contributed by atoms with Crippen LogP contribution >= 0.6 is 0 Å². The van der Waals surface area contributed by atoms with Crippen molar-refractivity contribution in [3.63, 3.8) is 0 Å². The first-order valence-electron chi connectivity index (χ1n) is 12.2. The summed E-state index contributed by atoms with van der Waals surface area (Å²) >= 11 is 0. The van der Waals surface area contributed by atoms with E-state index in [0.29, 0.717) is 76.5 Å². The van der Waals surface area contributed by atoms with Gasteiger partial charge in [0.25, 0.3) is 0 Å². The summed E-state index contributed by atoms with van der Waals surface area (Å²) in [5, 5.41) is 0. The number of allylic oxidation sites excluding steroid dienone is 1. The van der Waals surface area contributed by atoms with E-state index in [2.05, 4.69) is 6.58 Å². The highest BCUT2D eigenvalue weighted by Crippen LogP contribution is 2.29. The number of hydrogen-bond donors (Lipinski definition) is 0. The molecule has 0 saturated heterocycles. The second-order valence-electron chi connectivity index (χ2n) is 7.88. The fourth-order valence-corrected chi connectivity index (χ4v) is 3.35. The van der Waals surface area contributed by atoms with E-state index < -0.39 is 0 Å². The van der Waals surface area contributed by atoms with Crippen LogP contribution in [-0.2, 0) is 18.9 Å². The van der Waals surface area contributed by atoms with Gasteiger partial charge in [0.1, 0.15) is 13.2 Å². The number of unbranched alkanes of at least 4 members (excludes halogenated alkanes) is 7. The summed E-state index contributed by atoms with van der Waals surface area (Å²) in [6, 6.07) is 5.11. The first-order chi connectivity index (χ1) is 16.3. The minimum atomic E-state index is -0.349. The molecule has 0 N–H and O–H groups in total. The van der Waals surface area contributed by atoms with Crippen LogP contribution in [0, 0.1) is 0 Å². The van der Waals surface area contributed by atoms with Crippen molar-refractivity contribution in [3.05, 3.63) is 36.4 Å². The van der Waals surface area contributed by atoms with Crippen LogP contribution in [0.3, 0.4) is 0 Å². The van der Waals surface area contributed by atoms with Crippen molar-refractivity contribution in [2.24, 2.45) is 0 Å². The summed E-state index contributed by atoms with van der Waals surface area (Å²) < 4.78 is 33.4. The van der Waals surface area contributed by atoms with Crippen LogP contribution in [0.2, 0.25) is 0 Å². The molecule has 0 aromatic heterocycles. The van der Waals surface area contributed by atoms with Gasteiger partial charge in [0, 0.05) is 0 Å². The van der Waals surface area contributed by atoms with Gasteiger partial charge >= 0.3 is 5.97 Å². The SMILES string of the molecule is C=CCCCCCCCCCOC(=O)c1ccc2c(c1)OCCOCCOCCOCCO2. The second-order valence-corrected chi connectivity index (χ2v) is 7.88. The molecule has 0 amide bonds. The molecule has 0 bridgehead atoms. The molecule has 0 aliphatic carbocycles. The van der Waals surface area contributed by atoms with Crippen LogP contribution < -0.4 is 9.47 Å². The van der Waals surface area contributed by atoms with Gasteiger partial charge in [0.2, 0.25) is 0 Å². The molecule has 0 unspecified atom stereocenters. The van der Waals surface area contributed by atoms with E-state index in [9.17, 15) is 4.79 Å². The van der Waals surface area contributed by atoms with Crippen molar-refractivity contribution >= 4 is 5.97 Å². The Morgan fingerprint density at radius 3 is 1.94 bits per heavy atom. The van der Waals surface area contributed by atoms with E-state index in [1.807, 2.05) is 6.08 Å². The van der Waals surface area contributed by atoms with Gasteiger partial charge in [-0.2, -0.15) is 0 Å². The lowest BCUT2D eigenvalue weighted by atomic mass is 10.1. The van der Waals surface area contributed by atoms with Crippen LogP contribution in [0.5, 0.6) is 11.5 Å². The molecule has 0 spiro atoms. The Morgan fingerprint density at radius 1 is 0.758 bits per heavy atom. The number of carbonyl (C=O) groups excluding carboxylic acids is 1. The van der Waals surface area contributed by atoms with E-state index in [1.54, 1.807) is 18.2 Å². The van der Waals surface area contributed by atoms with Gasteiger partial charge in [-0.1, -0.05) is 38.2 Å². The molecule has 1 aromatic rings. The zero-order valence-electron chi connectivity index (χ0n) is 19.9. The number of esters is 1. The van der Waals surface area contributed by atoms with Crippen LogP contribution in [0.4, 0.5) is 0 Å². The van der Waals surface area contributed by atoms with Crippen molar-refractivity contribution in [3.8, 4) is 11.5 Å². The lowest BCUT2D eigenvalue weighted by Crippen LogP contribution is -2.13. The maximum absolute atomic E-state index is 12.5. The summed E-state index contributed by atoms with van der Waals surface area (Å²) in [4.78, 5) is 12.5. The quantitative estimate of drug-likeness (QED) is 0.260. The Balaban J connectivity index is 1.74. The first-order valence-corrected chi connectivity index (χ1v) is 12.2. The van der Waals surface area contributed by atoms with Crippen molar-refractivity contribution < 1.29 is 33.2 Å². The van der Waals surface area contributed by atoms with Crippen molar-refractivity contribution in [2.75, 3.05) is 59.5 Å². The highest BCUT2D eigenvalue weighted by molar-refractivity contribution is 5.90. The predicted molar refractivity (Wildman–Crippen MR) is 127 cm³/mol. The molecule has 7 nitrogen and oxygen atoms in total. The zero-order chi connectivity index (χ0) is 23.4. The topological polar surface area (TPSA) is 72.5 Å². The van der Waals surface area contributed by atoms with E-state index in [4.69, 9.17) is 28.4 Å². The van der Waals surface area contributed by atoms with Crippen LogP contribution in [0.1, 0.15) is 61.7 Å². The van der Waals surface area contributed by atoms with Gasteiger partial charge in [-0.25, -0.2) is 4.79 Å². The van der Waals surface area contributed by atoms with Crippen LogP contribution in [0.15, 0.2) is 30.9 Å². The Hall–Kier alpha value is -2.09. The molecule has 1 aliphatic heterocycles. The standard InChI is InChI=1S/C26H40O7/c1-2-3-4-5-6-7-8-9-10-13-33-26(27)23-11-12-24-25(22-23)32-21-19-30-17-15-28-14-16-29-18-20-31-24/h2,11-12,22H,1,3-10,13-21H2. The van der Waals surface area contributed by atoms with Crippen molar-refractivity contribution in [2.45, 2.75) is 51.4 Å².